The second-order valence-corrected chi connectivity index (χ2v) is 9.86. The van der Waals surface area contributed by atoms with Crippen LogP contribution in [0.5, 0.6) is 5.75 Å². The summed E-state index contributed by atoms with van der Waals surface area (Å²) in [5.41, 5.74) is -1.58. The Hall–Kier alpha value is -4.33. The van der Waals surface area contributed by atoms with Gasteiger partial charge in [-0.3, -0.25) is 19.3 Å². The lowest BCUT2D eigenvalue weighted by Crippen LogP contribution is -2.57. The smallest absolute Gasteiger partial charge is 0.416 e. The van der Waals surface area contributed by atoms with E-state index in [1.165, 1.54) is 30.3 Å². The summed E-state index contributed by atoms with van der Waals surface area (Å²) in [7, 11) is 0. The van der Waals surface area contributed by atoms with Crippen LogP contribution in [0, 0.1) is 5.82 Å². The van der Waals surface area contributed by atoms with Gasteiger partial charge in [-0.15, -0.1) is 0 Å². The van der Waals surface area contributed by atoms with Gasteiger partial charge in [0.25, 0.3) is 11.8 Å². The predicted molar refractivity (Wildman–Crippen MR) is 140 cm³/mol. The quantitative estimate of drug-likeness (QED) is 0.346. The lowest BCUT2D eigenvalue weighted by molar-refractivity contribution is -0.137. The first-order chi connectivity index (χ1) is 20.1. The van der Waals surface area contributed by atoms with Crippen molar-refractivity contribution in [1.29, 1.82) is 0 Å². The molecule has 0 aromatic heterocycles. The first-order valence-corrected chi connectivity index (χ1v) is 12.8. The number of fused-ring (bicyclic) bond motifs is 1. The van der Waals surface area contributed by atoms with Crippen LogP contribution in [0.3, 0.4) is 0 Å². The number of ether oxygens (including phenoxy) is 1. The van der Waals surface area contributed by atoms with E-state index in [1.807, 2.05) is 0 Å². The number of carbonyl (C=O) groups is 3. The van der Waals surface area contributed by atoms with E-state index in [2.05, 4.69) is 10.6 Å². The Morgan fingerprint density at radius 3 is 2.30 bits per heavy atom. The molecule has 0 radical (unpaired) electrons. The lowest BCUT2D eigenvalue weighted by Gasteiger charge is -2.27. The third kappa shape index (κ3) is 7.95. The van der Waals surface area contributed by atoms with Gasteiger partial charge in [0.1, 0.15) is 36.8 Å². The van der Waals surface area contributed by atoms with E-state index in [0.29, 0.717) is 17.0 Å². The van der Waals surface area contributed by atoms with E-state index >= 15 is 0 Å². The summed E-state index contributed by atoms with van der Waals surface area (Å²) in [6.45, 7) is -2.34. The van der Waals surface area contributed by atoms with Gasteiger partial charge in [0.05, 0.1) is 11.3 Å². The molecule has 1 aliphatic rings. The van der Waals surface area contributed by atoms with Crippen molar-refractivity contribution in [1.82, 2.24) is 10.6 Å². The molecule has 3 amide bonds. The van der Waals surface area contributed by atoms with Crippen LogP contribution in [-0.4, -0.2) is 49.1 Å². The first-order valence-electron chi connectivity index (χ1n) is 12.4. The number of carbonyl (C=O) groups excluding carboxylic acids is 3. The molecule has 0 bridgehead atoms. The molecule has 1 aliphatic heterocycles. The number of nitrogens with one attached hydrogen (secondary N) is 2. The molecule has 4 rings (SSSR count). The van der Waals surface area contributed by atoms with Gasteiger partial charge in [0.15, 0.2) is 0 Å². The lowest BCUT2D eigenvalue weighted by atomic mass is 10.0. The summed E-state index contributed by atoms with van der Waals surface area (Å²) in [4.78, 5) is 39.9. The molecular formula is C28H21ClF7N3O4. The third-order valence-electron chi connectivity index (χ3n) is 6.31. The van der Waals surface area contributed by atoms with Crippen molar-refractivity contribution < 1.29 is 49.9 Å². The van der Waals surface area contributed by atoms with Gasteiger partial charge in [-0.25, -0.2) is 4.39 Å². The molecule has 3 aromatic carbocycles. The van der Waals surface area contributed by atoms with Gasteiger partial charge < -0.3 is 15.4 Å². The zero-order valence-electron chi connectivity index (χ0n) is 21.7. The maximum Gasteiger partial charge on any atom is 0.416 e. The molecule has 0 spiro atoms. The molecule has 0 fully saturated rings. The summed E-state index contributed by atoms with van der Waals surface area (Å²) >= 11 is 5.93. The van der Waals surface area contributed by atoms with E-state index in [4.69, 9.17) is 16.3 Å². The fourth-order valence-electron chi connectivity index (χ4n) is 4.24. The number of amides is 3. The van der Waals surface area contributed by atoms with Crippen LogP contribution in [0.2, 0.25) is 5.02 Å². The molecule has 0 unspecified atom stereocenters. The molecule has 0 saturated heterocycles. The fourth-order valence-corrected chi connectivity index (χ4v) is 4.40. The van der Waals surface area contributed by atoms with Gasteiger partial charge in [-0.2, -0.15) is 26.3 Å². The number of alkyl halides is 6. The average molecular weight is 632 g/mol. The van der Waals surface area contributed by atoms with Crippen LogP contribution in [0.15, 0.2) is 66.7 Å². The van der Waals surface area contributed by atoms with E-state index in [0.717, 1.165) is 24.3 Å². The Kier molecular flexibility index (Phi) is 9.18. The van der Waals surface area contributed by atoms with Crippen LogP contribution in [-0.2, 0) is 22.2 Å². The monoisotopic (exact) mass is 631 g/mol. The maximum absolute atomic E-state index is 14.4. The average Bonchev–Trinajstić information content (AvgIpc) is 3.04. The molecule has 1 heterocycles. The minimum absolute atomic E-state index is 0.0421. The fraction of sp³-hybridized carbons (Fsp3) is 0.250. The summed E-state index contributed by atoms with van der Waals surface area (Å²) < 4.78 is 99.0. The molecule has 2 atom stereocenters. The third-order valence-corrected chi connectivity index (χ3v) is 6.55. The molecule has 0 saturated carbocycles. The number of hydrogen-bond acceptors (Lipinski definition) is 4. The number of hydrogen-bond donors (Lipinski definition) is 2. The zero-order chi connectivity index (χ0) is 31.5. The molecular weight excluding hydrogens is 611 g/mol. The van der Waals surface area contributed by atoms with Gasteiger partial charge in [0, 0.05) is 23.1 Å². The van der Waals surface area contributed by atoms with Crippen LogP contribution in [0.4, 0.5) is 36.4 Å². The second kappa shape index (κ2) is 12.5. The maximum atomic E-state index is 14.4. The molecule has 0 aliphatic carbocycles. The SMILES string of the molecule is O=C(N[C@H](Cc1ccccc1F)C(=O)N[C@@H]1COc2cc(Cl)ccc2N(CC(F)(F)F)C1=O)c1ccc(C(F)(F)F)cc1. The van der Waals surface area contributed by atoms with Crippen molar-refractivity contribution in [3.8, 4) is 5.75 Å². The summed E-state index contributed by atoms with van der Waals surface area (Å²) in [6, 6.07) is 8.56. The first kappa shape index (κ1) is 31.6. The van der Waals surface area contributed by atoms with E-state index in [1.54, 1.807) is 0 Å². The van der Waals surface area contributed by atoms with E-state index in [9.17, 15) is 45.1 Å². The van der Waals surface area contributed by atoms with Crippen molar-refractivity contribution in [3.05, 3.63) is 94.3 Å². The van der Waals surface area contributed by atoms with Gasteiger partial charge in [-0.05, 0) is 48.0 Å². The van der Waals surface area contributed by atoms with Crippen molar-refractivity contribution in [2.75, 3.05) is 18.1 Å². The largest absolute Gasteiger partial charge is 0.489 e. The topological polar surface area (TPSA) is 87.7 Å². The van der Waals surface area contributed by atoms with Gasteiger partial charge in [-0.1, -0.05) is 29.8 Å². The minimum atomic E-state index is -4.84. The summed E-state index contributed by atoms with van der Waals surface area (Å²) in [6.07, 6.45) is -9.98. The number of anilines is 1. The molecule has 3 aromatic rings. The zero-order valence-corrected chi connectivity index (χ0v) is 22.5. The minimum Gasteiger partial charge on any atom is -0.489 e. The van der Waals surface area contributed by atoms with Crippen LogP contribution >= 0.6 is 11.6 Å². The molecule has 2 N–H and O–H groups in total. The second-order valence-electron chi connectivity index (χ2n) is 9.42. The van der Waals surface area contributed by atoms with Crippen molar-refractivity contribution >= 4 is 35.0 Å². The standard InChI is InChI=1S/C28H21ClF7N3O4/c29-18-9-10-22-23(12-18)43-13-21(26(42)39(22)14-27(31,32)33)38-25(41)20(11-16-3-1-2-4-19(16)30)37-24(40)15-5-7-17(8-6-15)28(34,35)36/h1-10,12,20-21H,11,13-14H2,(H,37,40)(H,38,41)/t20-,21-/m1/s1. The van der Waals surface area contributed by atoms with Gasteiger partial charge >= 0.3 is 12.4 Å². The van der Waals surface area contributed by atoms with E-state index in [-0.39, 0.29) is 27.6 Å². The van der Waals surface area contributed by atoms with Crippen molar-refractivity contribution in [2.24, 2.45) is 0 Å². The Morgan fingerprint density at radius 1 is 1.00 bits per heavy atom. The highest BCUT2D eigenvalue weighted by atomic mass is 35.5. The normalized spacial score (nSPS) is 16.0. The van der Waals surface area contributed by atoms with E-state index < -0.39 is 73.1 Å². The van der Waals surface area contributed by atoms with Crippen LogP contribution in [0.25, 0.3) is 0 Å². The Morgan fingerprint density at radius 2 is 1.67 bits per heavy atom. The molecule has 15 heteroatoms. The molecule has 43 heavy (non-hydrogen) atoms. The predicted octanol–water partition coefficient (Wildman–Crippen LogP) is 5.31. The van der Waals surface area contributed by atoms with Crippen LogP contribution in [0.1, 0.15) is 21.5 Å². The Labute approximate surface area is 244 Å². The Balaban J connectivity index is 1.60. The molecule has 7 nitrogen and oxygen atoms in total. The highest BCUT2D eigenvalue weighted by molar-refractivity contribution is 6.30. The van der Waals surface area contributed by atoms with Crippen molar-refractivity contribution in [3.63, 3.8) is 0 Å². The number of nitrogens with zero attached hydrogens (tertiary/aromatic N) is 1. The number of halogens is 8. The summed E-state index contributed by atoms with van der Waals surface area (Å²) in [5, 5.41) is 4.67. The Bertz CT molecular complexity index is 1510. The van der Waals surface area contributed by atoms with Crippen molar-refractivity contribution in [2.45, 2.75) is 30.9 Å². The van der Waals surface area contributed by atoms with Gasteiger partial charge in [0.2, 0.25) is 5.91 Å². The number of benzene rings is 3. The summed E-state index contributed by atoms with van der Waals surface area (Å²) in [5.74, 6) is -4.19. The highest BCUT2D eigenvalue weighted by Gasteiger charge is 2.40. The van der Waals surface area contributed by atoms with Crippen LogP contribution < -0.4 is 20.3 Å². The molecule has 228 valence electrons. The number of rotatable bonds is 7. The highest BCUT2D eigenvalue weighted by Crippen LogP contribution is 2.36.